The van der Waals surface area contributed by atoms with E-state index < -0.39 is 0 Å². The van der Waals surface area contributed by atoms with Gasteiger partial charge in [-0.1, -0.05) is 42.5 Å². The lowest BCUT2D eigenvalue weighted by Gasteiger charge is -2.46. The fourth-order valence-corrected chi connectivity index (χ4v) is 3.64. The van der Waals surface area contributed by atoms with Gasteiger partial charge in [-0.05, 0) is 50.4 Å². The number of fused-ring (bicyclic) bond motifs is 1. The molecule has 2 aliphatic heterocycles. The minimum Gasteiger partial charge on any atom is -0.457 e. The van der Waals surface area contributed by atoms with Crippen LogP contribution >= 0.6 is 0 Å². The highest BCUT2D eigenvalue weighted by atomic mass is 16.6. The van der Waals surface area contributed by atoms with Gasteiger partial charge < -0.3 is 9.47 Å². The zero-order chi connectivity index (χ0) is 16.4. The van der Waals surface area contributed by atoms with E-state index in [1.54, 1.807) is 6.26 Å². The van der Waals surface area contributed by atoms with E-state index in [0.717, 1.165) is 36.8 Å². The Kier molecular flexibility index (Phi) is 4.03. The normalized spacial score (nSPS) is 23.6. The standard InChI is InChI=1S/C21H23NO2/c1-21(20-16-23-18-11-5-6-12-19(18)24-20)13-7-8-14-22(21)15-17-9-3-2-4-10-17/h2-6,9-12,16H,7-8,13-15H2,1H3. The van der Waals surface area contributed by atoms with Gasteiger partial charge in [0.2, 0.25) is 0 Å². The summed E-state index contributed by atoms with van der Waals surface area (Å²) in [5.74, 6) is 2.51. The fourth-order valence-electron chi connectivity index (χ4n) is 3.64. The predicted octanol–water partition coefficient (Wildman–Crippen LogP) is 4.74. The molecular weight excluding hydrogens is 298 g/mol. The third-order valence-corrected chi connectivity index (χ3v) is 5.15. The van der Waals surface area contributed by atoms with Crippen molar-refractivity contribution in [2.24, 2.45) is 0 Å². The van der Waals surface area contributed by atoms with Gasteiger partial charge in [0.05, 0.1) is 5.54 Å². The largest absolute Gasteiger partial charge is 0.457 e. The van der Waals surface area contributed by atoms with E-state index in [2.05, 4.69) is 42.2 Å². The maximum Gasteiger partial charge on any atom is 0.169 e. The Hall–Kier alpha value is -2.26. The van der Waals surface area contributed by atoms with Gasteiger partial charge in [-0.15, -0.1) is 0 Å². The van der Waals surface area contributed by atoms with Gasteiger partial charge in [0.15, 0.2) is 17.3 Å². The van der Waals surface area contributed by atoms with Crippen molar-refractivity contribution < 1.29 is 9.47 Å². The minimum absolute atomic E-state index is 0.137. The number of nitrogens with zero attached hydrogens (tertiary/aromatic N) is 1. The molecular formula is C21H23NO2. The van der Waals surface area contributed by atoms with Crippen molar-refractivity contribution in [2.75, 3.05) is 6.54 Å². The molecule has 3 nitrogen and oxygen atoms in total. The van der Waals surface area contributed by atoms with Gasteiger partial charge in [0.1, 0.15) is 6.26 Å². The van der Waals surface area contributed by atoms with Crippen LogP contribution < -0.4 is 9.47 Å². The minimum atomic E-state index is -0.137. The van der Waals surface area contributed by atoms with E-state index in [-0.39, 0.29) is 5.54 Å². The first kappa shape index (κ1) is 15.3. The molecule has 2 aromatic rings. The Morgan fingerprint density at radius 1 is 0.958 bits per heavy atom. The molecule has 1 unspecified atom stereocenters. The Bertz CT molecular complexity index is 741. The van der Waals surface area contributed by atoms with E-state index in [9.17, 15) is 0 Å². The molecule has 1 fully saturated rings. The molecule has 124 valence electrons. The van der Waals surface area contributed by atoms with E-state index >= 15 is 0 Å². The highest BCUT2D eigenvalue weighted by Gasteiger charge is 2.41. The highest BCUT2D eigenvalue weighted by Crippen LogP contribution is 2.41. The molecule has 2 heterocycles. The highest BCUT2D eigenvalue weighted by molar-refractivity contribution is 5.44. The molecule has 24 heavy (non-hydrogen) atoms. The average molecular weight is 321 g/mol. The summed E-state index contributed by atoms with van der Waals surface area (Å²) in [7, 11) is 0. The van der Waals surface area contributed by atoms with Gasteiger partial charge in [-0.25, -0.2) is 0 Å². The van der Waals surface area contributed by atoms with E-state index in [0.29, 0.717) is 0 Å². The number of piperidine rings is 1. The molecule has 0 aromatic heterocycles. The van der Waals surface area contributed by atoms with E-state index in [4.69, 9.17) is 9.47 Å². The third kappa shape index (κ3) is 2.80. The Labute approximate surface area is 143 Å². The molecule has 0 saturated carbocycles. The predicted molar refractivity (Wildman–Crippen MR) is 94.9 cm³/mol. The Morgan fingerprint density at radius 2 is 1.71 bits per heavy atom. The number of likely N-dealkylation sites (tertiary alicyclic amines) is 1. The van der Waals surface area contributed by atoms with E-state index in [1.807, 2.05) is 24.3 Å². The number of hydrogen-bond donors (Lipinski definition) is 0. The lowest BCUT2D eigenvalue weighted by atomic mass is 9.86. The zero-order valence-corrected chi connectivity index (χ0v) is 14.1. The van der Waals surface area contributed by atoms with Gasteiger partial charge in [0.25, 0.3) is 0 Å². The van der Waals surface area contributed by atoms with Crippen molar-refractivity contribution in [3.8, 4) is 11.5 Å². The number of rotatable bonds is 3. The van der Waals surface area contributed by atoms with Crippen LogP contribution in [0.2, 0.25) is 0 Å². The molecule has 2 aliphatic rings. The molecule has 0 radical (unpaired) electrons. The van der Waals surface area contributed by atoms with Crippen LogP contribution in [0.4, 0.5) is 0 Å². The molecule has 4 rings (SSSR count). The smallest absolute Gasteiger partial charge is 0.169 e. The number of ether oxygens (including phenoxy) is 2. The first-order valence-electron chi connectivity index (χ1n) is 8.69. The van der Waals surface area contributed by atoms with Crippen molar-refractivity contribution in [3.05, 3.63) is 72.2 Å². The first-order chi connectivity index (χ1) is 11.8. The number of hydrogen-bond acceptors (Lipinski definition) is 3. The molecule has 3 heteroatoms. The van der Waals surface area contributed by atoms with Crippen LogP contribution in [-0.2, 0) is 6.54 Å². The fraction of sp³-hybridized carbons (Fsp3) is 0.333. The van der Waals surface area contributed by atoms with Crippen LogP contribution in [0.15, 0.2) is 66.6 Å². The SMILES string of the molecule is CC1(C2=COc3ccccc3O2)CCCCN1Cc1ccccc1. The van der Waals surface area contributed by atoms with E-state index in [1.165, 1.54) is 18.4 Å². The average Bonchev–Trinajstić information content (AvgIpc) is 2.64. The van der Waals surface area contributed by atoms with Gasteiger partial charge in [-0.3, -0.25) is 4.90 Å². The maximum absolute atomic E-state index is 6.24. The summed E-state index contributed by atoms with van der Waals surface area (Å²) in [6, 6.07) is 18.5. The quantitative estimate of drug-likeness (QED) is 0.815. The molecule has 0 spiro atoms. The van der Waals surface area contributed by atoms with Crippen molar-refractivity contribution in [3.63, 3.8) is 0 Å². The Morgan fingerprint density at radius 3 is 2.54 bits per heavy atom. The lowest BCUT2D eigenvalue weighted by molar-refractivity contribution is 0.0469. The van der Waals surface area contributed by atoms with Crippen LogP contribution in [0.1, 0.15) is 31.7 Å². The molecule has 0 amide bonds. The monoisotopic (exact) mass is 321 g/mol. The lowest BCUT2D eigenvalue weighted by Crippen LogP contribution is -2.52. The second-order valence-corrected chi connectivity index (χ2v) is 6.79. The van der Waals surface area contributed by atoms with Crippen molar-refractivity contribution in [1.29, 1.82) is 0 Å². The second-order valence-electron chi connectivity index (χ2n) is 6.79. The van der Waals surface area contributed by atoms with Gasteiger partial charge in [0, 0.05) is 6.54 Å². The summed E-state index contributed by atoms with van der Waals surface area (Å²) >= 11 is 0. The first-order valence-corrected chi connectivity index (χ1v) is 8.69. The molecule has 1 saturated heterocycles. The van der Waals surface area contributed by atoms with Crippen LogP contribution in [0, 0.1) is 0 Å². The molecule has 0 N–H and O–H groups in total. The van der Waals surface area contributed by atoms with Gasteiger partial charge >= 0.3 is 0 Å². The maximum atomic E-state index is 6.24. The molecule has 0 bridgehead atoms. The summed E-state index contributed by atoms with van der Waals surface area (Å²) < 4.78 is 12.1. The van der Waals surface area contributed by atoms with Crippen molar-refractivity contribution >= 4 is 0 Å². The van der Waals surface area contributed by atoms with Crippen molar-refractivity contribution in [2.45, 2.75) is 38.3 Å². The Balaban J connectivity index is 1.60. The molecule has 1 atom stereocenters. The summed E-state index contributed by atoms with van der Waals surface area (Å²) in [4.78, 5) is 2.52. The summed E-state index contributed by atoms with van der Waals surface area (Å²) in [6.45, 7) is 4.28. The van der Waals surface area contributed by atoms with Crippen molar-refractivity contribution in [1.82, 2.24) is 4.90 Å². The third-order valence-electron chi connectivity index (χ3n) is 5.15. The number of para-hydroxylation sites is 2. The van der Waals surface area contributed by atoms with Crippen LogP contribution in [0.3, 0.4) is 0 Å². The summed E-state index contributed by atoms with van der Waals surface area (Å²) in [5, 5.41) is 0. The topological polar surface area (TPSA) is 21.7 Å². The zero-order valence-electron chi connectivity index (χ0n) is 14.1. The number of benzene rings is 2. The molecule has 0 aliphatic carbocycles. The molecule has 2 aromatic carbocycles. The summed E-state index contributed by atoms with van der Waals surface area (Å²) in [5.41, 5.74) is 1.20. The second kappa shape index (κ2) is 6.33. The van der Waals surface area contributed by atoms with Crippen LogP contribution in [0.5, 0.6) is 11.5 Å². The van der Waals surface area contributed by atoms with Gasteiger partial charge in [-0.2, -0.15) is 0 Å². The summed E-state index contributed by atoms with van der Waals surface area (Å²) in [6.07, 6.45) is 5.32. The van der Waals surface area contributed by atoms with Crippen LogP contribution in [-0.4, -0.2) is 17.0 Å². The van der Waals surface area contributed by atoms with Crippen LogP contribution in [0.25, 0.3) is 0 Å².